The van der Waals surface area contributed by atoms with Gasteiger partial charge in [-0.2, -0.15) is 0 Å². The largest absolute Gasteiger partial charge is 0.494 e. The summed E-state index contributed by atoms with van der Waals surface area (Å²) in [5.74, 6) is 2.07. The number of hydrogen-bond acceptors (Lipinski definition) is 5. The van der Waals surface area contributed by atoms with E-state index in [2.05, 4.69) is 29.4 Å². The van der Waals surface area contributed by atoms with Gasteiger partial charge in [0.1, 0.15) is 5.75 Å². The fraction of sp³-hybridized carbons (Fsp3) is 0.462. The highest BCUT2D eigenvalue weighted by Crippen LogP contribution is 2.13. The third kappa shape index (κ3) is 3.67. The van der Waals surface area contributed by atoms with Crippen molar-refractivity contribution in [3.05, 3.63) is 30.1 Å². The van der Waals surface area contributed by atoms with Gasteiger partial charge in [0, 0.05) is 24.6 Å². The van der Waals surface area contributed by atoms with E-state index in [-0.39, 0.29) is 0 Å². The Labute approximate surface area is 112 Å². The number of nitrogens with zero attached hydrogens (tertiary/aromatic N) is 4. The average Bonchev–Trinajstić information content (AvgIpc) is 2.85. The van der Waals surface area contributed by atoms with E-state index in [9.17, 15) is 0 Å². The first kappa shape index (κ1) is 13.3. The third-order valence-electron chi connectivity index (χ3n) is 2.74. The molecule has 0 saturated carbocycles. The second-order valence-corrected chi connectivity index (χ2v) is 4.69. The van der Waals surface area contributed by atoms with Crippen molar-refractivity contribution in [2.24, 2.45) is 0 Å². The van der Waals surface area contributed by atoms with Gasteiger partial charge in [-0.25, -0.2) is 4.68 Å². The number of aryl methyl sites for hydroxylation is 1. The molecule has 0 aliphatic carbocycles. The normalized spacial score (nSPS) is 10.9. The monoisotopic (exact) mass is 261 g/mol. The summed E-state index contributed by atoms with van der Waals surface area (Å²) >= 11 is 0. The van der Waals surface area contributed by atoms with Crippen molar-refractivity contribution >= 4 is 5.69 Å². The Bertz CT molecular complexity index is 506. The van der Waals surface area contributed by atoms with E-state index in [0.717, 1.165) is 30.2 Å². The fourth-order valence-electron chi connectivity index (χ4n) is 1.75. The molecule has 0 atom stereocenters. The van der Waals surface area contributed by atoms with E-state index >= 15 is 0 Å². The zero-order chi connectivity index (χ0) is 13.7. The zero-order valence-electron chi connectivity index (χ0n) is 11.3. The topological polar surface area (TPSA) is 78.8 Å². The molecule has 0 saturated heterocycles. The maximum Gasteiger partial charge on any atom is 0.153 e. The van der Waals surface area contributed by atoms with Crippen molar-refractivity contribution in [1.29, 1.82) is 0 Å². The van der Waals surface area contributed by atoms with Crippen molar-refractivity contribution in [2.75, 3.05) is 12.3 Å². The molecule has 19 heavy (non-hydrogen) atoms. The number of aromatic nitrogens is 4. The Morgan fingerprint density at radius 2 is 2.00 bits per heavy atom. The number of rotatable bonds is 6. The standard InChI is InChI=1S/C13H19N5O/c1-10(2)13-15-16-17-18(13)8-3-9-19-12-6-4-11(14)5-7-12/h4-7,10H,3,8-9,14H2,1-2H3. The highest BCUT2D eigenvalue weighted by molar-refractivity contribution is 5.41. The lowest BCUT2D eigenvalue weighted by atomic mass is 10.2. The van der Waals surface area contributed by atoms with Crippen LogP contribution in [-0.2, 0) is 6.54 Å². The Morgan fingerprint density at radius 1 is 1.26 bits per heavy atom. The minimum atomic E-state index is 0.327. The molecular weight excluding hydrogens is 242 g/mol. The first-order valence-electron chi connectivity index (χ1n) is 6.41. The highest BCUT2D eigenvalue weighted by atomic mass is 16.5. The van der Waals surface area contributed by atoms with Gasteiger partial charge in [0.25, 0.3) is 0 Å². The van der Waals surface area contributed by atoms with E-state index in [4.69, 9.17) is 10.5 Å². The van der Waals surface area contributed by atoms with Gasteiger partial charge in [0.2, 0.25) is 0 Å². The Morgan fingerprint density at radius 3 is 2.68 bits per heavy atom. The molecule has 1 aromatic heterocycles. The van der Waals surface area contributed by atoms with Crippen LogP contribution >= 0.6 is 0 Å². The first-order chi connectivity index (χ1) is 9.16. The lowest BCUT2D eigenvalue weighted by Gasteiger charge is -2.08. The number of anilines is 1. The van der Waals surface area contributed by atoms with Crippen LogP contribution in [0.4, 0.5) is 5.69 Å². The van der Waals surface area contributed by atoms with Gasteiger partial charge in [0.15, 0.2) is 5.82 Å². The third-order valence-corrected chi connectivity index (χ3v) is 2.74. The van der Waals surface area contributed by atoms with E-state index in [1.165, 1.54) is 0 Å². The number of tetrazole rings is 1. The summed E-state index contributed by atoms with van der Waals surface area (Å²) in [5, 5.41) is 11.7. The molecule has 1 heterocycles. The van der Waals surface area contributed by atoms with Crippen molar-refractivity contribution in [3.8, 4) is 5.75 Å². The molecule has 0 aliphatic rings. The molecule has 0 bridgehead atoms. The van der Waals surface area contributed by atoms with Crippen LogP contribution in [0.2, 0.25) is 0 Å². The second kappa shape index (κ2) is 6.17. The first-order valence-corrected chi connectivity index (χ1v) is 6.41. The van der Waals surface area contributed by atoms with E-state index in [1.807, 2.05) is 28.9 Å². The van der Waals surface area contributed by atoms with Crippen molar-refractivity contribution < 1.29 is 4.74 Å². The van der Waals surface area contributed by atoms with Crippen molar-refractivity contribution in [1.82, 2.24) is 20.2 Å². The van der Waals surface area contributed by atoms with Crippen LogP contribution in [0.3, 0.4) is 0 Å². The van der Waals surface area contributed by atoms with Crippen molar-refractivity contribution in [3.63, 3.8) is 0 Å². The van der Waals surface area contributed by atoms with Gasteiger partial charge < -0.3 is 10.5 Å². The van der Waals surface area contributed by atoms with E-state index in [1.54, 1.807) is 0 Å². The van der Waals surface area contributed by atoms with Gasteiger partial charge in [-0.15, -0.1) is 5.10 Å². The minimum Gasteiger partial charge on any atom is -0.494 e. The molecule has 0 fully saturated rings. The number of ether oxygens (including phenoxy) is 1. The maximum atomic E-state index is 5.62. The molecule has 6 heteroatoms. The number of benzene rings is 1. The number of nitrogen functional groups attached to an aromatic ring is 1. The van der Waals surface area contributed by atoms with Crippen LogP contribution in [0.25, 0.3) is 0 Å². The van der Waals surface area contributed by atoms with E-state index < -0.39 is 0 Å². The Hall–Kier alpha value is -2.11. The predicted molar refractivity (Wildman–Crippen MR) is 72.9 cm³/mol. The second-order valence-electron chi connectivity index (χ2n) is 4.69. The maximum absolute atomic E-state index is 5.62. The summed E-state index contributed by atoms with van der Waals surface area (Å²) in [5.41, 5.74) is 6.35. The molecular formula is C13H19N5O. The number of nitrogens with two attached hydrogens (primary N) is 1. The Kier molecular flexibility index (Phi) is 4.33. The van der Waals surface area contributed by atoms with Crippen LogP contribution < -0.4 is 10.5 Å². The van der Waals surface area contributed by atoms with Gasteiger partial charge >= 0.3 is 0 Å². The van der Waals surface area contributed by atoms with E-state index in [0.29, 0.717) is 12.5 Å². The quantitative estimate of drug-likeness (QED) is 0.634. The smallest absolute Gasteiger partial charge is 0.153 e. The molecule has 1 aromatic carbocycles. The predicted octanol–water partition coefficient (Wildman–Crippen LogP) is 1.85. The minimum absolute atomic E-state index is 0.327. The van der Waals surface area contributed by atoms with Crippen LogP contribution in [0, 0.1) is 0 Å². The fourth-order valence-corrected chi connectivity index (χ4v) is 1.75. The molecule has 102 valence electrons. The van der Waals surface area contributed by atoms with Crippen LogP contribution in [0.15, 0.2) is 24.3 Å². The lowest BCUT2D eigenvalue weighted by Crippen LogP contribution is -2.10. The SMILES string of the molecule is CC(C)c1nnnn1CCCOc1ccc(N)cc1. The zero-order valence-corrected chi connectivity index (χ0v) is 11.3. The van der Waals surface area contributed by atoms with Gasteiger partial charge in [-0.1, -0.05) is 13.8 Å². The number of hydrogen-bond donors (Lipinski definition) is 1. The van der Waals surface area contributed by atoms with Gasteiger partial charge in [0.05, 0.1) is 6.61 Å². The lowest BCUT2D eigenvalue weighted by molar-refractivity contribution is 0.296. The molecule has 0 spiro atoms. The molecule has 0 amide bonds. The van der Waals surface area contributed by atoms with Gasteiger partial charge in [-0.3, -0.25) is 0 Å². The molecule has 0 aliphatic heterocycles. The molecule has 0 radical (unpaired) electrons. The summed E-state index contributed by atoms with van der Waals surface area (Å²) in [6.45, 7) is 5.54. The summed E-state index contributed by atoms with van der Waals surface area (Å²) in [7, 11) is 0. The molecule has 2 N–H and O–H groups in total. The summed E-state index contributed by atoms with van der Waals surface area (Å²) in [6.07, 6.45) is 0.856. The van der Waals surface area contributed by atoms with Crippen molar-refractivity contribution in [2.45, 2.75) is 32.7 Å². The van der Waals surface area contributed by atoms with Crippen LogP contribution in [0.5, 0.6) is 5.75 Å². The summed E-state index contributed by atoms with van der Waals surface area (Å²) in [6, 6.07) is 7.39. The average molecular weight is 261 g/mol. The molecule has 2 rings (SSSR count). The molecule has 2 aromatic rings. The Balaban J connectivity index is 1.77. The van der Waals surface area contributed by atoms with Crippen LogP contribution in [0.1, 0.15) is 32.0 Å². The highest BCUT2D eigenvalue weighted by Gasteiger charge is 2.09. The van der Waals surface area contributed by atoms with Gasteiger partial charge in [-0.05, 0) is 34.7 Å². The molecule has 0 unspecified atom stereocenters. The summed E-state index contributed by atoms with van der Waals surface area (Å²) in [4.78, 5) is 0. The van der Waals surface area contributed by atoms with Crippen LogP contribution in [-0.4, -0.2) is 26.8 Å². The molecule has 6 nitrogen and oxygen atoms in total. The summed E-state index contributed by atoms with van der Waals surface area (Å²) < 4.78 is 7.45.